The number of hydrogen-bond donors (Lipinski definition) is 1. The first kappa shape index (κ1) is 11.7. The standard InChI is InChI=1S/C15H16O2/c1-2-15(16)12-7-6-10-14(11-12)17-13-8-4-3-5-9-13/h3-11,15-16H,2H2,1H3. The van der Waals surface area contributed by atoms with Crippen LogP contribution in [0.3, 0.4) is 0 Å². The maximum Gasteiger partial charge on any atom is 0.127 e. The molecule has 0 heterocycles. The molecule has 2 aromatic carbocycles. The highest BCUT2D eigenvalue weighted by atomic mass is 16.5. The second-order valence-corrected chi connectivity index (χ2v) is 3.91. The highest BCUT2D eigenvalue weighted by Gasteiger charge is 2.05. The van der Waals surface area contributed by atoms with Crippen molar-refractivity contribution in [1.29, 1.82) is 0 Å². The number of rotatable bonds is 4. The topological polar surface area (TPSA) is 29.5 Å². The van der Waals surface area contributed by atoms with Crippen molar-refractivity contribution >= 4 is 0 Å². The van der Waals surface area contributed by atoms with Gasteiger partial charge in [-0.15, -0.1) is 0 Å². The lowest BCUT2D eigenvalue weighted by atomic mass is 10.1. The number of para-hydroxylation sites is 1. The van der Waals surface area contributed by atoms with Crippen LogP contribution in [0.1, 0.15) is 25.0 Å². The van der Waals surface area contributed by atoms with E-state index in [9.17, 15) is 5.11 Å². The summed E-state index contributed by atoms with van der Waals surface area (Å²) >= 11 is 0. The number of hydrogen-bond acceptors (Lipinski definition) is 2. The molecule has 88 valence electrons. The Bertz CT molecular complexity index is 465. The molecular weight excluding hydrogens is 212 g/mol. The van der Waals surface area contributed by atoms with Gasteiger partial charge in [-0.3, -0.25) is 0 Å². The Labute approximate surface area is 101 Å². The van der Waals surface area contributed by atoms with Crippen molar-refractivity contribution < 1.29 is 9.84 Å². The second-order valence-electron chi connectivity index (χ2n) is 3.91. The summed E-state index contributed by atoms with van der Waals surface area (Å²) in [5, 5.41) is 9.76. The van der Waals surface area contributed by atoms with Gasteiger partial charge in [0.1, 0.15) is 11.5 Å². The van der Waals surface area contributed by atoms with Gasteiger partial charge in [0, 0.05) is 0 Å². The van der Waals surface area contributed by atoms with Crippen LogP contribution in [0.5, 0.6) is 11.5 Å². The average molecular weight is 228 g/mol. The molecule has 17 heavy (non-hydrogen) atoms. The van der Waals surface area contributed by atoms with E-state index in [1.54, 1.807) is 0 Å². The molecule has 0 saturated carbocycles. The van der Waals surface area contributed by atoms with Gasteiger partial charge in [0.05, 0.1) is 6.10 Å². The van der Waals surface area contributed by atoms with E-state index in [0.717, 1.165) is 17.1 Å². The average Bonchev–Trinajstić information content (AvgIpc) is 2.39. The Kier molecular flexibility index (Phi) is 3.78. The zero-order chi connectivity index (χ0) is 12.1. The van der Waals surface area contributed by atoms with E-state index < -0.39 is 6.10 Å². The lowest BCUT2D eigenvalue weighted by Crippen LogP contribution is -1.95. The van der Waals surface area contributed by atoms with Crippen molar-refractivity contribution in [2.24, 2.45) is 0 Å². The van der Waals surface area contributed by atoms with E-state index in [1.165, 1.54) is 0 Å². The van der Waals surface area contributed by atoms with E-state index >= 15 is 0 Å². The van der Waals surface area contributed by atoms with Gasteiger partial charge in [0.25, 0.3) is 0 Å². The van der Waals surface area contributed by atoms with Crippen molar-refractivity contribution in [3.8, 4) is 11.5 Å². The molecule has 0 aromatic heterocycles. The molecular formula is C15H16O2. The van der Waals surface area contributed by atoms with E-state index in [4.69, 9.17) is 4.74 Å². The van der Waals surface area contributed by atoms with Crippen LogP contribution < -0.4 is 4.74 Å². The lowest BCUT2D eigenvalue weighted by molar-refractivity contribution is 0.173. The Balaban J connectivity index is 2.17. The molecule has 2 rings (SSSR count). The highest BCUT2D eigenvalue weighted by Crippen LogP contribution is 2.25. The fourth-order valence-electron chi connectivity index (χ4n) is 1.65. The molecule has 0 radical (unpaired) electrons. The molecule has 0 bridgehead atoms. The summed E-state index contributed by atoms with van der Waals surface area (Å²) in [4.78, 5) is 0. The monoisotopic (exact) mass is 228 g/mol. The van der Waals surface area contributed by atoms with Crippen molar-refractivity contribution in [2.75, 3.05) is 0 Å². The fraction of sp³-hybridized carbons (Fsp3) is 0.200. The van der Waals surface area contributed by atoms with Crippen molar-refractivity contribution in [3.63, 3.8) is 0 Å². The Morgan fingerprint density at radius 2 is 1.71 bits per heavy atom. The summed E-state index contributed by atoms with van der Waals surface area (Å²) in [6.45, 7) is 1.95. The minimum absolute atomic E-state index is 0.422. The molecule has 0 spiro atoms. The van der Waals surface area contributed by atoms with Crippen molar-refractivity contribution in [2.45, 2.75) is 19.4 Å². The number of benzene rings is 2. The van der Waals surface area contributed by atoms with Crippen LogP contribution in [0.2, 0.25) is 0 Å². The zero-order valence-corrected chi connectivity index (χ0v) is 9.84. The van der Waals surface area contributed by atoms with E-state index in [-0.39, 0.29) is 0 Å². The Morgan fingerprint density at radius 1 is 1.00 bits per heavy atom. The summed E-state index contributed by atoms with van der Waals surface area (Å²) in [5.41, 5.74) is 0.890. The normalized spacial score (nSPS) is 12.1. The molecule has 1 atom stereocenters. The maximum atomic E-state index is 9.76. The van der Waals surface area contributed by atoms with Gasteiger partial charge < -0.3 is 9.84 Å². The molecule has 1 unspecified atom stereocenters. The van der Waals surface area contributed by atoms with Crippen molar-refractivity contribution in [3.05, 3.63) is 60.2 Å². The minimum atomic E-state index is -0.422. The smallest absolute Gasteiger partial charge is 0.127 e. The van der Waals surface area contributed by atoms with E-state index in [0.29, 0.717) is 6.42 Å². The lowest BCUT2D eigenvalue weighted by Gasteiger charge is -2.10. The SMILES string of the molecule is CCC(O)c1cccc(Oc2ccccc2)c1. The minimum Gasteiger partial charge on any atom is -0.457 e. The van der Waals surface area contributed by atoms with Gasteiger partial charge in [-0.1, -0.05) is 37.3 Å². The van der Waals surface area contributed by atoms with E-state index in [2.05, 4.69) is 0 Å². The van der Waals surface area contributed by atoms with Gasteiger partial charge >= 0.3 is 0 Å². The van der Waals surface area contributed by atoms with Crippen LogP contribution in [0.4, 0.5) is 0 Å². The first-order valence-corrected chi connectivity index (χ1v) is 5.80. The third kappa shape index (κ3) is 3.08. The van der Waals surface area contributed by atoms with Gasteiger partial charge in [0.2, 0.25) is 0 Å². The van der Waals surface area contributed by atoms with Gasteiger partial charge in [-0.2, -0.15) is 0 Å². The quantitative estimate of drug-likeness (QED) is 0.859. The molecule has 0 amide bonds. The highest BCUT2D eigenvalue weighted by molar-refractivity contribution is 5.34. The fourth-order valence-corrected chi connectivity index (χ4v) is 1.65. The predicted octanol–water partition coefficient (Wildman–Crippen LogP) is 3.92. The predicted molar refractivity (Wildman–Crippen MR) is 68.2 cm³/mol. The summed E-state index contributed by atoms with van der Waals surface area (Å²) in [6, 6.07) is 17.2. The Hall–Kier alpha value is -1.80. The van der Waals surface area contributed by atoms with Crippen LogP contribution in [-0.4, -0.2) is 5.11 Å². The molecule has 0 aliphatic carbocycles. The van der Waals surface area contributed by atoms with Crippen LogP contribution in [-0.2, 0) is 0 Å². The van der Waals surface area contributed by atoms with Crippen LogP contribution >= 0.6 is 0 Å². The number of aliphatic hydroxyl groups is 1. The molecule has 1 N–H and O–H groups in total. The first-order chi connectivity index (χ1) is 8.29. The largest absolute Gasteiger partial charge is 0.457 e. The molecule has 0 fully saturated rings. The third-order valence-corrected chi connectivity index (χ3v) is 2.61. The molecule has 2 nitrogen and oxygen atoms in total. The third-order valence-electron chi connectivity index (χ3n) is 2.61. The summed E-state index contributed by atoms with van der Waals surface area (Å²) in [6.07, 6.45) is 0.281. The maximum absolute atomic E-state index is 9.76. The molecule has 0 saturated heterocycles. The molecule has 2 aromatic rings. The Morgan fingerprint density at radius 3 is 2.41 bits per heavy atom. The second kappa shape index (κ2) is 5.51. The van der Waals surface area contributed by atoms with Crippen LogP contribution in [0.25, 0.3) is 0 Å². The molecule has 2 heteroatoms. The first-order valence-electron chi connectivity index (χ1n) is 5.80. The molecule has 0 aliphatic rings. The van der Waals surface area contributed by atoms with Crippen LogP contribution in [0.15, 0.2) is 54.6 Å². The summed E-state index contributed by atoms with van der Waals surface area (Å²) < 4.78 is 5.70. The van der Waals surface area contributed by atoms with Gasteiger partial charge in [0.15, 0.2) is 0 Å². The number of ether oxygens (including phenoxy) is 1. The zero-order valence-electron chi connectivity index (χ0n) is 9.84. The summed E-state index contributed by atoms with van der Waals surface area (Å²) in [7, 11) is 0. The van der Waals surface area contributed by atoms with Crippen molar-refractivity contribution in [1.82, 2.24) is 0 Å². The van der Waals surface area contributed by atoms with Gasteiger partial charge in [-0.05, 0) is 36.2 Å². The van der Waals surface area contributed by atoms with Crippen LogP contribution in [0, 0.1) is 0 Å². The van der Waals surface area contributed by atoms with Gasteiger partial charge in [-0.25, -0.2) is 0 Å². The summed E-state index contributed by atoms with van der Waals surface area (Å²) in [5.74, 6) is 1.55. The number of aliphatic hydroxyl groups excluding tert-OH is 1. The van der Waals surface area contributed by atoms with E-state index in [1.807, 2.05) is 61.5 Å². The molecule has 0 aliphatic heterocycles.